The molecule has 2 atom stereocenters. The lowest BCUT2D eigenvalue weighted by atomic mass is 9.95. The molecule has 1 aromatic carbocycles. The van der Waals surface area contributed by atoms with E-state index >= 15 is 0 Å². The first-order valence-corrected chi connectivity index (χ1v) is 11.2. The number of hydrogen-bond acceptors (Lipinski definition) is 3. The van der Waals surface area contributed by atoms with Crippen molar-refractivity contribution in [3.8, 4) is 5.75 Å². The molecule has 0 aromatic heterocycles. The van der Waals surface area contributed by atoms with Gasteiger partial charge in [-0.1, -0.05) is 83.8 Å². The number of hydrogen-bond donors (Lipinski definition) is 0. The normalized spacial score (nSPS) is 19.3. The predicted octanol–water partition coefficient (Wildman–Crippen LogP) is 7.00. The highest BCUT2D eigenvalue weighted by molar-refractivity contribution is 5.74. The molecule has 2 unspecified atom stereocenters. The number of carbonyl (C=O) groups is 1. The summed E-state index contributed by atoms with van der Waals surface area (Å²) < 4.78 is 11.5. The van der Waals surface area contributed by atoms with Crippen molar-refractivity contribution in [3.05, 3.63) is 29.8 Å². The van der Waals surface area contributed by atoms with E-state index in [0.717, 1.165) is 43.6 Å². The van der Waals surface area contributed by atoms with Crippen molar-refractivity contribution in [2.45, 2.75) is 97.0 Å². The van der Waals surface area contributed by atoms with Gasteiger partial charge in [-0.15, -0.1) is 0 Å². The van der Waals surface area contributed by atoms with Crippen molar-refractivity contribution in [1.29, 1.82) is 0 Å². The van der Waals surface area contributed by atoms with Crippen LogP contribution in [0.4, 0.5) is 0 Å². The molecule has 152 valence electrons. The quantitative estimate of drug-likeness (QED) is 0.260. The van der Waals surface area contributed by atoms with Crippen molar-refractivity contribution in [2.24, 2.45) is 5.92 Å². The van der Waals surface area contributed by atoms with Gasteiger partial charge in [0.15, 0.2) is 0 Å². The molecule has 0 aliphatic carbocycles. The van der Waals surface area contributed by atoms with Crippen LogP contribution >= 0.6 is 0 Å². The molecule has 0 amide bonds. The molecule has 3 heteroatoms. The second-order valence-electron chi connectivity index (χ2n) is 7.89. The Balaban J connectivity index is 1.69. The first-order chi connectivity index (χ1) is 13.2. The fourth-order valence-corrected chi connectivity index (χ4v) is 3.75. The number of cyclic esters (lactones) is 1. The van der Waals surface area contributed by atoms with Crippen molar-refractivity contribution in [3.63, 3.8) is 0 Å². The molecule has 0 spiro atoms. The molecule has 1 aliphatic rings. The summed E-state index contributed by atoms with van der Waals surface area (Å²) in [5.41, 5.74) is 1.09. The molecule has 0 saturated carbocycles. The zero-order chi connectivity index (χ0) is 19.3. The first kappa shape index (κ1) is 21.8. The number of rotatable bonds is 14. The maximum absolute atomic E-state index is 12.1. The molecule has 1 fully saturated rings. The Bertz CT molecular complexity index is 523. The SMILES string of the molecule is CCCCCCCOc1ccc(C2CC(CCCCCCC)C(=O)O2)cc1. The molecule has 0 N–H and O–H groups in total. The van der Waals surface area contributed by atoms with E-state index in [-0.39, 0.29) is 18.0 Å². The van der Waals surface area contributed by atoms with Crippen LogP contribution in [0.25, 0.3) is 0 Å². The second kappa shape index (κ2) is 12.8. The summed E-state index contributed by atoms with van der Waals surface area (Å²) in [5, 5.41) is 0. The number of esters is 1. The third-order valence-corrected chi connectivity index (χ3v) is 5.51. The first-order valence-electron chi connectivity index (χ1n) is 11.2. The highest BCUT2D eigenvalue weighted by Gasteiger charge is 2.34. The Kier molecular flexibility index (Phi) is 10.3. The zero-order valence-corrected chi connectivity index (χ0v) is 17.4. The lowest BCUT2D eigenvalue weighted by molar-refractivity contribution is -0.144. The summed E-state index contributed by atoms with van der Waals surface area (Å²) in [4.78, 5) is 12.1. The summed E-state index contributed by atoms with van der Waals surface area (Å²) in [6, 6.07) is 8.11. The van der Waals surface area contributed by atoms with E-state index in [1.165, 1.54) is 51.4 Å². The monoisotopic (exact) mass is 374 g/mol. The average Bonchev–Trinajstić information content (AvgIpc) is 3.05. The number of unbranched alkanes of at least 4 members (excludes halogenated alkanes) is 8. The van der Waals surface area contributed by atoms with Gasteiger partial charge in [0.05, 0.1) is 12.5 Å². The molecule has 1 aliphatic heterocycles. The summed E-state index contributed by atoms with van der Waals surface area (Å²) in [7, 11) is 0. The maximum Gasteiger partial charge on any atom is 0.309 e. The third kappa shape index (κ3) is 7.94. The van der Waals surface area contributed by atoms with Crippen LogP contribution in [-0.4, -0.2) is 12.6 Å². The van der Waals surface area contributed by atoms with Crippen LogP contribution in [0.15, 0.2) is 24.3 Å². The Labute approximate surface area is 165 Å². The maximum atomic E-state index is 12.1. The molecule has 1 saturated heterocycles. The van der Waals surface area contributed by atoms with Crippen LogP contribution in [0.1, 0.15) is 103 Å². The van der Waals surface area contributed by atoms with Gasteiger partial charge in [-0.3, -0.25) is 4.79 Å². The van der Waals surface area contributed by atoms with Crippen molar-refractivity contribution < 1.29 is 14.3 Å². The van der Waals surface area contributed by atoms with Crippen molar-refractivity contribution in [2.75, 3.05) is 6.61 Å². The Hall–Kier alpha value is -1.51. The van der Waals surface area contributed by atoms with E-state index in [1.54, 1.807) is 0 Å². The highest BCUT2D eigenvalue weighted by Crippen LogP contribution is 2.36. The van der Waals surface area contributed by atoms with E-state index < -0.39 is 0 Å². The molecule has 27 heavy (non-hydrogen) atoms. The molecule has 2 rings (SSSR count). The molecular weight excluding hydrogens is 336 g/mol. The summed E-state index contributed by atoms with van der Waals surface area (Å²) >= 11 is 0. The molecular formula is C24H38O3. The van der Waals surface area contributed by atoms with Gasteiger partial charge >= 0.3 is 5.97 Å². The van der Waals surface area contributed by atoms with Gasteiger partial charge in [-0.2, -0.15) is 0 Å². The van der Waals surface area contributed by atoms with Crippen molar-refractivity contribution >= 4 is 5.97 Å². The molecule has 1 aromatic rings. The van der Waals surface area contributed by atoms with Gasteiger partial charge in [-0.05, 0) is 30.5 Å². The number of benzene rings is 1. The fraction of sp³-hybridized carbons (Fsp3) is 0.708. The predicted molar refractivity (Wildman–Crippen MR) is 111 cm³/mol. The Morgan fingerprint density at radius 3 is 2.19 bits per heavy atom. The molecule has 3 nitrogen and oxygen atoms in total. The van der Waals surface area contributed by atoms with E-state index in [1.807, 2.05) is 24.3 Å². The van der Waals surface area contributed by atoms with E-state index in [4.69, 9.17) is 9.47 Å². The highest BCUT2D eigenvalue weighted by atomic mass is 16.6. The zero-order valence-electron chi connectivity index (χ0n) is 17.4. The third-order valence-electron chi connectivity index (χ3n) is 5.51. The molecule has 0 radical (unpaired) electrons. The Morgan fingerprint density at radius 1 is 0.889 bits per heavy atom. The van der Waals surface area contributed by atoms with Crippen LogP contribution in [0.2, 0.25) is 0 Å². The summed E-state index contributed by atoms with van der Waals surface area (Å²) in [6.45, 7) is 5.24. The van der Waals surface area contributed by atoms with Crippen LogP contribution in [0.3, 0.4) is 0 Å². The van der Waals surface area contributed by atoms with Gasteiger partial charge in [0.25, 0.3) is 0 Å². The van der Waals surface area contributed by atoms with Gasteiger partial charge in [0.2, 0.25) is 0 Å². The Morgan fingerprint density at radius 2 is 1.52 bits per heavy atom. The second-order valence-corrected chi connectivity index (χ2v) is 7.89. The molecule has 1 heterocycles. The summed E-state index contributed by atoms with van der Waals surface area (Å²) in [6.07, 6.45) is 14.1. The van der Waals surface area contributed by atoms with Crippen LogP contribution < -0.4 is 4.74 Å². The minimum Gasteiger partial charge on any atom is -0.494 e. The van der Waals surface area contributed by atoms with Crippen LogP contribution in [0.5, 0.6) is 5.75 Å². The average molecular weight is 375 g/mol. The topological polar surface area (TPSA) is 35.5 Å². The van der Waals surface area contributed by atoms with Crippen LogP contribution in [-0.2, 0) is 9.53 Å². The summed E-state index contributed by atoms with van der Waals surface area (Å²) in [5.74, 6) is 0.976. The fourth-order valence-electron chi connectivity index (χ4n) is 3.75. The lowest BCUT2D eigenvalue weighted by Crippen LogP contribution is -2.06. The lowest BCUT2D eigenvalue weighted by Gasteiger charge is -2.11. The van der Waals surface area contributed by atoms with E-state index in [9.17, 15) is 4.79 Å². The van der Waals surface area contributed by atoms with E-state index in [0.29, 0.717) is 0 Å². The largest absolute Gasteiger partial charge is 0.494 e. The molecule has 0 bridgehead atoms. The van der Waals surface area contributed by atoms with Crippen molar-refractivity contribution in [1.82, 2.24) is 0 Å². The van der Waals surface area contributed by atoms with Crippen LogP contribution in [0, 0.1) is 5.92 Å². The van der Waals surface area contributed by atoms with Gasteiger partial charge in [-0.25, -0.2) is 0 Å². The smallest absolute Gasteiger partial charge is 0.309 e. The minimum absolute atomic E-state index is 0.0112. The van der Waals surface area contributed by atoms with Gasteiger partial charge in [0, 0.05) is 6.42 Å². The number of ether oxygens (including phenoxy) is 2. The number of carbonyl (C=O) groups excluding carboxylic acids is 1. The minimum atomic E-state index is -0.0822. The van der Waals surface area contributed by atoms with Gasteiger partial charge < -0.3 is 9.47 Å². The van der Waals surface area contributed by atoms with E-state index in [2.05, 4.69) is 13.8 Å². The standard InChI is InChI=1S/C24H38O3/c1-3-5-7-9-11-13-21-19-23(27-24(21)25)20-14-16-22(17-15-20)26-18-12-10-8-6-4-2/h14-17,21,23H,3-13,18-19H2,1-2H3. The van der Waals surface area contributed by atoms with Gasteiger partial charge in [0.1, 0.15) is 11.9 Å².